The number of nitrogens with zero attached hydrogens (tertiary/aromatic N) is 4. The first-order valence-corrected chi connectivity index (χ1v) is 9.44. The van der Waals surface area contributed by atoms with Crippen molar-refractivity contribution in [2.75, 3.05) is 18.4 Å². The summed E-state index contributed by atoms with van der Waals surface area (Å²) in [5.74, 6) is 0.937. The monoisotopic (exact) mass is 388 g/mol. The van der Waals surface area contributed by atoms with Crippen molar-refractivity contribution in [1.29, 1.82) is 0 Å². The van der Waals surface area contributed by atoms with Crippen LogP contribution in [0.25, 0.3) is 22.1 Å². The molecule has 146 valence electrons. The standard InChI is InChI=1S/C21H20N6O2/c1-13-23-11-16-3-2-15(12-27(13)16)24-18-4-7-22-20-17(18)10-19(25-20)14-5-8-26(9-6-14)21(28)29/h2-5,7,10-12H,6,8-9H2,1H3,(H,28,29)(H2,22,24,25). The number of fused-ring (bicyclic) bond motifs is 2. The molecule has 4 aromatic rings. The van der Waals surface area contributed by atoms with Gasteiger partial charge >= 0.3 is 6.09 Å². The number of carbonyl (C=O) groups is 1. The van der Waals surface area contributed by atoms with Crippen LogP contribution in [0.4, 0.5) is 16.2 Å². The largest absolute Gasteiger partial charge is 0.465 e. The van der Waals surface area contributed by atoms with Crippen molar-refractivity contribution < 1.29 is 9.90 Å². The number of anilines is 2. The maximum Gasteiger partial charge on any atom is 0.407 e. The van der Waals surface area contributed by atoms with E-state index in [2.05, 4.69) is 26.3 Å². The second kappa shape index (κ2) is 6.66. The number of H-pyrrole nitrogens is 1. The van der Waals surface area contributed by atoms with Crippen LogP contribution >= 0.6 is 0 Å². The van der Waals surface area contributed by atoms with Crippen LogP contribution in [0, 0.1) is 6.92 Å². The lowest BCUT2D eigenvalue weighted by molar-refractivity contribution is 0.150. The quantitative estimate of drug-likeness (QED) is 0.492. The van der Waals surface area contributed by atoms with Crippen LogP contribution in [0.2, 0.25) is 0 Å². The topological polar surface area (TPSA) is 98.5 Å². The zero-order valence-corrected chi connectivity index (χ0v) is 15.9. The minimum Gasteiger partial charge on any atom is -0.465 e. The Morgan fingerprint density at radius 2 is 2.17 bits per heavy atom. The normalized spacial score (nSPS) is 14.4. The number of rotatable bonds is 3. The predicted octanol–water partition coefficient (Wildman–Crippen LogP) is 4.03. The van der Waals surface area contributed by atoms with E-state index in [-0.39, 0.29) is 0 Å². The van der Waals surface area contributed by atoms with Crippen molar-refractivity contribution in [1.82, 2.24) is 24.3 Å². The number of nitrogens with one attached hydrogen (secondary N) is 2. The number of pyridine rings is 2. The van der Waals surface area contributed by atoms with Crippen molar-refractivity contribution in [3.05, 3.63) is 60.5 Å². The molecule has 5 heterocycles. The first-order valence-electron chi connectivity index (χ1n) is 9.44. The molecule has 0 aliphatic carbocycles. The van der Waals surface area contributed by atoms with E-state index in [0.29, 0.717) is 19.5 Å². The lowest BCUT2D eigenvalue weighted by Gasteiger charge is -2.23. The van der Waals surface area contributed by atoms with Gasteiger partial charge in [-0.2, -0.15) is 0 Å². The highest BCUT2D eigenvalue weighted by Gasteiger charge is 2.18. The average Bonchev–Trinajstić information content (AvgIpc) is 3.33. The van der Waals surface area contributed by atoms with Crippen molar-refractivity contribution in [3.8, 4) is 0 Å². The third-order valence-corrected chi connectivity index (χ3v) is 5.35. The second-order valence-corrected chi connectivity index (χ2v) is 7.15. The summed E-state index contributed by atoms with van der Waals surface area (Å²) < 4.78 is 2.05. The first-order chi connectivity index (χ1) is 14.1. The van der Waals surface area contributed by atoms with Crippen molar-refractivity contribution in [3.63, 3.8) is 0 Å². The molecule has 1 aliphatic rings. The van der Waals surface area contributed by atoms with Gasteiger partial charge in [0.05, 0.1) is 23.1 Å². The van der Waals surface area contributed by atoms with Gasteiger partial charge in [0.1, 0.15) is 11.5 Å². The van der Waals surface area contributed by atoms with Crippen molar-refractivity contribution in [2.45, 2.75) is 13.3 Å². The number of hydrogen-bond donors (Lipinski definition) is 3. The molecular weight excluding hydrogens is 368 g/mol. The summed E-state index contributed by atoms with van der Waals surface area (Å²) in [5, 5.41) is 13.6. The predicted molar refractivity (Wildman–Crippen MR) is 111 cm³/mol. The molecule has 0 atom stereocenters. The smallest absolute Gasteiger partial charge is 0.407 e. The number of amides is 1. The van der Waals surface area contributed by atoms with Gasteiger partial charge in [0.25, 0.3) is 0 Å². The second-order valence-electron chi connectivity index (χ2n) is 7.15. The molecule has 0 saturated carbocycles. The molecule has 0 spiro atoms. The maximum atomic E-state index is 11.1. The molecule has 29 heavy (non-hydrogen) atoms. The van der Waals surface area contributed by atoms with Gasteiger partial charge in [-0.1, -0.05) is 6.08 Å². The molecule has 0 unspecified atom stereocenters. The van der Waals surface area contributed by atoms with Gasteiger partial charge < -0.3 is 24.7 Å². The number of imidazole rings is 1. The van der Waals surface area contributed by atoms with Crippen LogP contribution in [0.5, 0.6) is 0 Å². The summed E-state index contributed by atoms with van der Waals surface area (Å²) in [6.45, 7) is 2.88. The molecule has 3 N–H and O–H groups in total. The Bertz CT molecular complexity index is 1270. The molecule has 1 amide bonds. The third-order valence-electron chi connectivity index (χ3n) is 5.35. The molecular formula is C21H20N6O2. The Kier molecular flexibility index (Phi) is 3.97. The number of aryl methyl sites for hydroxylation is 1. The Balaban J connectivity index is 1.47. The molecule has 0 bridgehead atoms. The molecule has 5 rings (SSSR count). The Labute approximate surface area is 166 Å². The van der Waals surface area contributed by atoms with Gasteiger partial charge in [-0.25, -0.2) is 14.8 Å². The molecule has 0 aromatic carbocycles. The highest BCUT2D eigenvalue weighted by molar-refractivity contribution is 5.94. The van der Waals surface area contributed by atoms with Crippen molar-refractivity contribution >= 4 is 39.6 Å². The van der Waals surface area contributed by atoms with E-state index >= 15 is 0 Å². The number of carboxylic acid groups (broad SMARTS) is 1. The Hall–Kier alpha value is -3.81. The SMILES string of the molecule is Cc1ncc2ccc(Nc3ccnc4[nH]c(C5=CCN(C(=O)O)CC5)cc34)cn12. The molecule has 1 aliphatic heterocycles. The van der Waals surface area contributed by atoms with E-state index in [4.69, 9.17) is 5.11 Å². The highest BCUT2D eigenvalue weighted by Crippen LogP contribution is 2.30. The van der Waals surface area contributed by atoms with Crippen molar-refractivity contribution in [2.24, 2.45) is 0 Å². The Morgan fingerprint density at radius 1 is 1.28 bits per heavy atom. The minimum atomic E-state index is -0.879. The third kappa shape index (κ3) is 3.08. The highest BCUT2D eigenvalue weighted by atomic mass is 16.4. The van der Waals surface area contributed by atoms with Crippen LogP contribution in [-0.4, -0.2) is 48.5 Å². The van der Waals surface area contributed by atoms with Gasteiger partial charge in [-0.15, -0.1) is 0 Å². The van der Waals surface area contributed by atoms with E-state index in [0.717, 1.165) is 45.0 Å². The fourth-order valence-corrected chi connectivity index (χ4v) is 3.75. The summed E-state index contributed by atoms with van der Waals surface area (Å²) in [5.41, 5.74) is 5.86. The van der Waals surface area contributed by atoms with Crippen LogP contribution in [0.15, 0.2) is 48.9 Å². The molecule has 4 aromatic heterocycles. The fourth-order valence-electron chi connectivity index (χ4n) is 3.75. The van der Waals surface area contributed by atoms with Crippen LogP contribution in [0.1, 0.15) is 17.9 Å². The Morgan fingerprint density at radius 3 is 2.97 bits per heavy atom. The van der Waals surface area contributed by atoms with Gasteiger partial charge in [0.15, 0.2) is 0 Å². The minimum absolute atomic E-state index is 0.406. The van der Waals surface area contributed by atoms with E-state index in [1.807, 2.05) is 48.0 Å². The number of hydrogen-bond acceptors (Lipinski definition) is 4. The van der Waals surface area contributed by atoms with E-state index in [1.54, 1.807) is 6.20 Å². The number of aromatic amines is 1. The molecule has 0 saturated heterocycles. The average molecular weight is 388 g/mol. The fraction of sp³-hybridized carbons (Fsp3) is 0.190. The lowest BCUT2D eigenvalue weighted by Crippen LogP contribution is -2.33. The summed E-state index contributed by atoms with van der Waals surface area (Å²) in [4.78, 5) is 24.7. The van der Waals surface area contributed by atoms with Crippen LogP contribution < -0.4 is 5.32 Å². The van der Waals surface area contributed by atoms with Gasteiger partial charge in [-0.3, -0.25) is 0 Å². The summed E-state index contributed by atoms with van der Waals surface area (Å²) in [6, 6.07) is 8.09. The summed E-state index contributed by atoms with van der Waals surface area (Å²) in [7, 11) is 0. The maximum absolute atomic E-state index is 11.1. The van der Waals surface area contributed by atoms with Crippen LogP contribution in [-0.2, 0) is 0 Å². The summed E-state index contributed by atoms with van der Waals surface area (Å²) >= 11 is 0. The first kappa shape index (κ1) is 17.3. The number of aromatic nitrogens is 4. The zero-order chi connectivity index (χ0) is 20.0. The van der Waals surface area contributed by atoms with Crippen LogP contribution in [0.3, 0.4) is 0 Å². The molecule has 0 radical (unpaired) electrons. The summed E-state index contributed by atoms with van der Waals surface area (Å²) in [6.07, 6.45) is 7.42. The molecule has 0 fully saturated rings. The van der Waals surface area contributed by atoms with Gasteiger partial charge in [0.2, 0.25) is 0 Å². The molecule has 8 heteroatoms. The van der Waals surface area contributed by atoms with Gasteiger partial charge in [0, 0.05) is 36.6 Å². The van der Waals surface area contributed by atoms with E-state index < -0.39 is 6.09 Å². The van der Waals surface area contributed by atoms with Gasteiger partial charge in [-0.05, 0) is 43.2 Å². The van der Waals surface area contributed by atoms with E-state index in [1.165, 1.54) is 4.90 Å². The molecule has 8 nitrogen and oxygen atoms in total. The lowest BCUT2D eigenvalue weighted by atomic mass is 10.1. The zero-order valence-electron chi connectivity index (χ0n) is 15.9. The van der Waals surface area contributed by atoms with E-state index in [9.17, 15) is 4.79 Å².